The molecule has 0 aliphatic rings. The van der Waals surface area contributed by atoms with E-state index in [0.717, 1.165) is 25.8 Å². The van der Waals surface area contributed by atoms with E-state index in [1.54, 1.807) is 12.1 Å². The number of halogens is 4. The number of alkyl halides is 2. The number of hydrogen-bond acceptors (Lipinski definition) is 1. The summed E-state index contributed by atoms with van der Waals surface area (Å²) in [5.41, 5.74) is 3.10. The van der Waals surface area contributed by atoms with Gasteiger partial charge in [-0.3, -0.25) is 0 Å². The summed E-state index contributed by atoms with van der Waals surface area (Å²) < 4.78 is 26.9. The monoisotopic (exact) mass is 403 g/mol. The third kappa shape index (κ3) is 3.79. The van der Waals surface area contributed by atoms with Crippen molar-refractivity contribution in [3.8, 4) is 0 Å². The second-order valence-corrected chi connectivity index (χ2v) is 6.21. The van der Waals surface area contributed by atoms with E-state index in [1.165, 1.54) is 12.1 Å². The Labute approximate surface area is 133 Å². The lowest BCUT2D eigenvalue weighted by molar-refractivity contribution is 0.151. The Balaban J connectivity index is 2.09. The molecule has 5 heteroatoms. The minimum Gasteiger partial charge on any atom is -0.379 e. The van der Waals surface area contributed by atoms with Crippen molar-refractivity contribution in [1.82, 2.24) is 0 Å². The quantitative estimate of drug-likeness (QED) is 0.651. The summed E-state index contributed by atoms with van der Waals surface area (Å²) in [5, 5.41) is 3.29. The lowest BCUT2D eigenvalue weighted by Gasteiger charge is -2.12. The predicted octanol–water partition coefficient (Wildman–Crippen LogP) is 6.07. The first kappa shape index (κ1) is 15.4. The number of hydrogen-bond donors (Lipinski definition) is 1. The zero-order valence-corrected chi connectivity index (χ0v) is 13.9. The number of rotatable bonds is 4. The summed E-state index contributed by atoms with van der Waals surface area (Å²) >= 11 is 7.02. The molecule has 0 heterocycles. The molecule has 0 fully saturated rings. The molecule has 0 aromatic heterocycles. The third-order valence-corrected chi connectivity index (χ3v) is 4.14. The molecule has 0 radical (unpaired) electrons. The molecule has 2 rings (SSSR count). The molecule has 2 aromatic carbocycles. The van der Waals surface area contributed by atoms with Crippen molar-refractivity contribution in [2.24, 2.45) is 0 Å². The average Bonchev–Trinajstić information content (AvgIpc) is 2.38. The van der Waals surface area contributed by atoms with E-state index in [4.69, 9.17) is 0 Å². The van der Waals surface area contributed by atoms with E-state index < -0.39 is 6.43 Å². The molecule has 0 atom stereocenters. The molecule has 0 bridgehead atoms. The molecule has 0 aliphatic heterocycles. The van der Waals surface area contributed by atoms with Crippen LogP contribution in [-0.2, 0) is 6.54 Å². The standard InChI is InChI=1S/C15H13Br2F2N/c1-9-6-12(16)14(13(17)7-9)20-8-10-2-4-11(5-3-10)15(18)19/h2-7,15,20H,8H2,1H3. The van der Waals surface area contributed by atoms with Crippen molar-refractivity contribution in [3.05, 3.63) is 62.0 Å². The van der Waals surface area contributed by atoms with Crippen molar-refractivity contribution in [3.63, 3.8) is 0 Å². The number of aryl methyl sites for hydroxylation is 1. The van der Waals surface area contributed by atoms with Crippen LogP contribution in [-0.4, -0.2) is 0 Å². The van der Waals surface area contributed by atoms with Gasteiger partial charge in [-0.25, -0.2) is 8.78 Å². The van der Waals surface area contributed by atoms with Crippen LogP contribution in [0.5, 0.6) is 0 Å². The molecule has 0 unspecified atom stereocenters. The third-order valence-electron chi connectivity index (χ3n) is 2.89. The highest BCUT2D eigenvalue weighted by atomic mass is 79.9. The van der Waals surface area contributed by atoms with Crippen LogP contribution in [0, 0.1) is 6.92 Å². The minimum absolute atomic E-state index is 0.0476. The van der Waals surface area contributed by atoms with Gasteiger partial charge in [0, 0.05) is 21.1 Å². The average molecular weight is 405 g/mol. The topological polar surface area (TPSA) is 12.0 Å². The van der Waals surface area contributed by atoms with Gasteiger partial charge in [0.1, 0.15) is 0 Å². The van der Waals surface area contributed by atoms with Gasteiger partial charge >= 0.3 is 0 Å². The van der Waals surface area contributed by atoms with Gasteiger partial charge in [-0.15, -0.1) is 0 Å². The number of benzene rings is 2. The second-order valence-electron chi connectivity index (χ2n) is 4.50. The summed E-state index contributed by atoms with van der Waals surface area (Å²) in [6.07, 6.45) is -2.42. The summed E-state index contributed by atoms with van der Waals surface area (Å²) in [7, 11) is 0. The smallest absolute Gasteiger partial charge is 0.263 e. The van der Waals surface area contributed by atoms with Crippen molar-refractivity contribution < 1.29 is 8.78 Å². The van der Waals surface area contributed by atoms with E-state index in [1.807, 2.05) is 19.1 Å². The fourth-order valence-corrected chi connectivity index (χ4v) is 3.54. The molecule has 0 aliphatic carbocycles. The maximum atomic E-state index is 12.5. The number of nitrogens with one attached hydrogen (secondary N) is 1. The highest BCUT2D eigenvalue weighted by Gasteiger charge is 2.08. The second kappa shape index (κ2) is 6.68. The molecule has 0 amide bonds. The van der Waals surface area contributed by atoms with E-state index in [-0.39, 0.29) is 5.56 Å². The first-order chi connectivity index (χ1) is 9.47. The van der Waals surface area contributed by atoms with Crippen molar-refractivity contribution >= 4 is 37.5 Å². The maximum absolute atomic E-state index is 12.5. The van der Waals surface area contributed by atoms with Crippen molar-refractivity contribution in [1.29, 1.82) is 0 Å². The van der Waals surface area contributed by atoms with Gasteiger partial charge in [0.2, 0.25) is 0 Å². The molecular weight excluding hydrogens is 392 g/mol. The molecular formula is C15H13Br2F2N. The van der Waals surface area contributed by atoms with Gasteiger partial charge in [0.05, 0.1) is 5.69 Å². The minimum atomic E-state index is -2.42. The highest BCUT2D eigenvalue weighted by molar-refractivity contribution is 9.11. The van der Waals surface area contributed by atoms with Crippen LogP contribution in [0.2, 0.25) is 0 Å². The van der Waals surface area contributed by atoms with E-state index in [9.17, 15) is 8.78 Å². The van der Waals surface area contributed by atoms with Crippen LogP contribution in [0.1, 0.15) is 23.1 Å². The van der Waals surface area contributed by atoms with Gasteiger partial charge in [-0.1, -0.05) is 24.3 Å². The van der Waals surface area contributed by atoms with Crippen molar-refractivity contribution in [2.45, 2.75) is 19.9 Å². The SMILES string of the molecule is Cc1cc(Br)c(NCc2ccc(C(F)F)cc2)c(Br)c1. The lowest BCUT2D eigenvalue weighted by atomic mass is 10.1. The zero-order chi connectivity index (χ0) is 14.7. The van der Waals surface area contributed by atoms with Gasteiger partial charge in [0.25, 0.3) is 6.43 Å². The van der Waals surface area contributed by atoms with Gasteiger partial charge in [-0.2, -0.15) is 0 Å². The Morgan fingerprint density at radius 1 is 1.05 bits per heavy atom. The molecule has 1 N–H and O–H groups in total. The first-order valence-corrected chi connectivity index (χ1v) is 7.62. The normalized spacial score (nSPS) is 10.9. The van der Waals surface area contributed by atoms with Crippen LogP contribution >= 0.6 is 31.9 Å². The fourth-order valence-electron chi connectivity index (χ4n) is 1.84. The van der Waals surface area contributed by atoms with Gasteiger partial charge in [0.15, 0.2) is 0 Å². The van der Waals surface area contributed by atoms with Crippen LogP contribution in [0.25, 0.3) is 0 Å². The molecule has 0 saturated heterocycles. The van der Waals surface area contributed by atoms with Gasteiger partial charge in [-0.05, 0) is 62.0 Å². The molecule has 20 heavy (non-hydrogen) atoms. The predicted molar refractivity (Wildman–Crippen MR) is 85.3 cm³/mol. The van der Waals surface area contributed by atoms with Crippen LogP contribution < -0.4 is 5.32 Å². The summed E-state index contributed by atoms with van der Waals surface area (Å²) in [5.74, 6) is 0. The zero-order valence-electron chi connectivity index (χ0n) is 10.8. The van der Waals surface area contributed by atoms with E-state index >= 15 is 0 Å². The Morgan fingerprint density at radius 3 is 2.10 bits per heavy atom. The molecule has 106 valence electrons. The highest BCUT2D eigenvalue weighted by Crippen LogP contribution is 2.32. The molecule has 0 spiro atoms. The Hall–Kier alpha value is -0.940. The van der Waals surface area contributed by atoms with Crippen LogP contribution in [0.4, 0.5) is 14.5 Å². The Bertz CT molecular complexity index is 574. The van der Waals surface area contributed by atoms with E-state index in [0.29, 0.717) is 6.54 Å². The molecule has 2 aromatic rings. The van der Waals surface area contributed by atoms with Gasteiger partial charge < -0.3 is 5.32 Å². The van der Waals surface area contributed by atoms with E-state index in [2.05, 4.69) is 37.2 Å². The Kier molecular flexibility index (Phi) is 5.16. The summed E-state index contributed by atoms with van der Waals surface area (Å²) in [6, 6.07) is 10.4. The maximum Gasteiger partial charge on any atom is 0.263 e. The largest absolute Gasteiger partial charge is 0.379 e. The lowest BCUT2D eigenvalue weighted by Crippen LogP contribution is -2.01. The number of anilines is 1. The fraction of sp³-hybridized carbons (Fsp3) is 0.200. The Morgan fingerprint density at radius 2 is 1.60 bits per heavy atom. The summed E-state index contributed by atoms with van der Waals surface area (Å²) in [4.78, 5) is 0. The molecule has 0 saturated carbocycles. The summed E-state index contributed by atoms with van der Waals surface area (Å²) in [6.45, 7) is 2.59. The van der Waals surface area contributed by atoms with Crippen LogP contribution in [0.3, 0.4) is 0 Å². The van der Waals surface area contributed by atoms with Crippen LogP contribution in [0.15, 0.2) is 45.3 Å². The molecule has 1 nitrogen and oxygen atoms in total. The van der Waals surface area contributed by atoms with Crippen molar-refractivity contribution in [2.75, 3.05) is 5.32 Å². The first-order valence-electron chi connectivity index (χ1n) is 6.04.